The normalized spacial score (nSPS) is 12.5. The second kappa shape index (κ2) is 8.73. The second-order valence-corrected chi connectivity index (χ2v) is 8.51. The molecule has 156 valence electrons. The maximum atomic E-state index is 12.6. The third-order valence-electron chi connectivity index (χ3n) is 5.30. The lowest BCUT2D eigenvalue weighted by atomic mass is 10.1. The van der Waals surface area contributed by atoms with Crippen LogP contribution in [0.25, 0.3) is 0 Å². The summed E-state index contributed by atoms with van der Waals surface area (Å²) in [7, 11) is 0. The number of thiophene rings is 1. The SMILES string of the molecule is O=C(Nc1ncn(Cc2ccccc2)n1)c1cc(COc2ccc3c(c2)CCC3)cs1. The number of ether oxygens (including phenoxy) is 1. The van der Waals surface area contributed by atoms with Crippen LogP contribution < -0.4 is 10.1 Å². The van der Waals surface area contributed by atoms with Crippen molar-refractivity contribution >= 4 is 23.2 Å². The van der Waals surface area contributed by atoms with E-state index in [9.17, 15) is 4.79 Å². The lowest BCUT2D eigenvalue weighted by Gasteiger charge is -2.07. The molecule has 1 amide bonds. The number of hydrogen-bond acceptors (Lipinski definition) is 5. The highest BCUT2D eigenvalue weighted by Crippen LogP contribution is 2.27. The highest BCUT2D eigenvalue weighted by molar-refractivity contribution is 7.12. The molecule has 0 saturated carbocycles. The minimum atomic E-state index is -0.216. The Hall–Kier alpha value is -3.45. The number of aromatic nitrogens is 3. The van der Waals surface area contributed by atoms with Gasteiger partial charge in [-0.15, -0.1) is 16.4 Å². The first-order valence-corrected chi connectivity index (χ1v) is 11.2. The molecule has 5 rings (SSSR count). The maximum Gasteiger partial charge on any atom is 0.268 e. The van der Waals surface area contributed by atoms with Crippen LogP contribution in [0.3, 0.4) is 0 Å². The van der Waals surface area contributed by atoms with Gasteiger partial charge in [0.15, 0.2) is 0 Å². The Morgan fingerprint density at radius 3 is 2.84 bits per heavy atom. The summed E-state index contributed by atoms with van der Waals surface area (Å²) in [6.07, 6.45) is 5.14. The van der Waals surface area contributed by atoms with Crippen LogP contribution in [0.1, 0.15) is 38.3 Å². The van der Waals surface area contributed by atoms with Crippen molar-refractivity contribution in [3.05, 3.63) is 93.4 Å². The molecular weight excluding hydrogens is 408 g/mol. The van der Waals surface area contributed by atoms with Crippen LogP contribution in [0.15, 0.2) is 66.3 Å². The summed E-state index contributed by atoms with van der Waals surface area (Å²) >= 11 is 1.39. The van der Waals surface area contributed by atoms with Crippen molar-refractivity contribution in [2.45, 2.75) is 32.4 Å². The van der Waals surface area contributed by atoms with Gasteiger partial charge in [0.05, 0.1) is 11.4 Å². The molecule has 4 aromatic rings. The average molecular weight is 431 g/mol. The topological polar surface area (TPSA) is 69.0 Å². The number of nitrogens with zero attached hydrogens (tertiary/aromatic N) is 3. The number of carbonyl (C=O) groups excluding carboxylic acids is 1. The van der Waals surface area contributed by atoms with Crippen molar-refractivity contribution < 1.29 is 9.53 Å². The van der Waals surface area contributed by atoms with E-state index in [1.807, 2.05) is 47.8 Å². The number of anilines is 1. The molecule has 0 atom stereocenters. The summed E-state index contributed by atoms with van der Waals surface area (Å²) in [5.74, 6) is 0.961. The van der Waals surface area contributed by atoms with Gasteiger partial charge in [-0.3, -0.25) is 10.1 Å². The van der Waals surface area contributed by atoms with Gasteiger partial charge in [-0.2, -0.15) is 0 Å². The number of benzene rings is 2. The van der Waals surface area contributed by atoms with E-state index in [0.717, 1.165) is 29.7 Å². The van der Waals surface area contributed by atoms with Crippen molar-refractivity contribution in [2.24, 2.45) is 0 Å². The molecule has 0 radical (unpaired) electrons. The maximum absolute atomic E-state index is 12.6. The van der Waals surface area contributed by atoms with Gasteiger partial charge in [0.2, 0.25) is 5.95 Å². The van der Waals surface area contributed by atoms with Crippen molar-refractivity contribution in [1.82, 2.24) is 14.8 Å². The first kappa shape index (κ1) is 19.5. The molecule has 0 fully saturated rings. The fourth-order valence-corrected chi connectivity index (χ4v) is 4.53. The molecule has 0 spiro atoms. The van der Waals surface area contributed by atoms with Gasteiger partial charge >= 0.3 is 0 Å². The van der Waals surface area contributed by atoms with Crippen LogP contribution in [0.2, 0.25) is 0 Å². The van der Waals surface area contributed by atoms with E-state index in [1.165, 1.54) is 28.9 Å². The summed E-state index contributed by atoms with van der Waals surface area (Å²) in [5.41, 5.74) is 4.92. The van der Waals surface area contributed by atoms with E-state index in [2.05, 4.69) is 27.5 Å². The molecule has 0 aliphatic heterocycles. The molecule has 6 nitrogen and oxygen atoms in total. The molecule has 2 aromatic carbocycles. The number of nitrogens with one attached hydrogen (secondary N) is 1. The Bertz CT molecular complexity index is 1200. The van der Waals surface area contributed by atoms with Gasteiger partial charge in [-0.05, 0) is 59.5 Å². The summed E-state index contributed by atoms with van der Waals surface area (Å²) in [6, 6.07) is 18.2. The molecule has 0 saturated heterocycles. The predicted octanol–water partition coefficient (Wildman–Crippen LogP) is 4.71. The fraction of sp³-hybridized carbons (Fsp3) is 0.208. The van der Waals surface area contributed by atoms with Crippen LogP contribution in [-0.4, -0.2) is 20.7 Å². The number of carbonyl (C=O) groups is 1. The van der Waals surface area contributed by atoms with Crippen molar-refractivity contribution in [2.75, 3.05) is 5.32 Å². The van der Waals surface area contributed by atoms with E-state index < -0.39 is 0 Å². The second-order valence-electron chi connectivity index (χ2n) is 7.60. The standard InChI is InChI=1S/C24H22N4O2S/c29-23(26-24-25-16-28(27-24)13-17-5-2-1-3-6-17)22-11-18(15-31-22)14-30-21-10-9-19-7-4-8-20(19)12-21/h1-3,5-6,9-12,15-16H,4,7-8,13-14H2,(H,26,27,29). The predicted molar refractivity (Wildman–Crippen MR) is 121 cm³/mol. The smallest absolute Gasteiger partial charge is 0.268 e. The Kier molecular flexibility index (Phi) is 5.50. The first-order valence-electron chi connectivity index (χ1n) is 10.3. The zero-order valence-corrected chi connectivity index (χ0v) is 17.8. The number of fused-ring (bicyclic) bond motifs is 1. The minimum Gasteiger partial charge on any atom is -0.489 e. The molecule has 1 aliphatic rings. The summed E-state index contributed by atoms with van der Waals surface area (Å²) < 4.78 is 7.64. The quantitative estimate of drug-likeness (QED) is 0.461. The summed E-state index contributed by atoms with van der Waals surface area (Å²) in [5, 5.41) is 9.05. The van der Waals surface area contributed by atoms with E-state index in [-0.39, 0.29) is 5.91 Å². The largest absolute Gasteiger partial charge is 0.489 e. The number of amides is 1. The zero-order chi connectivity index (χ0) is 21.0. The highest BCUT2D eigenvalue weighted by Gasteiger charge is 2.14. The van der Waals surface area contributed by atoms with Gasteiger partial charge in [0.1, 0.15) is 18.7 Å². The molecule has 31 heavy (non-hydrogen) atoms. The first-order chi connectivity index (χ1) is 15.2. The van der Waals surface area contributed by atoms with E-state index in [1.54, 1.807) is 11.0 Å². The van der Waals surface area contributed by atoms with Crippen LogP contribution in [0, 0.1) is 0 Å². The van der Waals surface area contributed by atoms with Crippen LogP contribution in [-0.2, 0) is 26.0 Å². The monoisotopic (exact) mass is 430 g/mol. The summed E-state index contributed by atoms with van der Waals surface area (Å²) in [6.45, 7) is 1.04. The number of rotatable bonds is 7. The number of hydrogen-bond donors (Lipinski definition) is 1. The van der Waals surface area contributed by atoms with Gasteiger partial charge in [0.25, 0.3) is 5.91 Å². The van der Waals surface area contributed by atoms with Gasteiger partial charge in [-0.1, -0.05) is 36.4 Å². The molecule has 2 aromatic heterocycles. The Morgan fingerprint density at radius 1 is 1.06 bits per heavy atom. The van der Waals surface area contributed by atoms with Gasteiger partial charge in [-0.25, -0.2) is 9.67 Å². The molecule has 1 aliphatic carbocycles. The average Bonchev–Trinajstić information content (AvgIpc) is 3.54. The molecule has 0 unspecified atom stereocenters. The molecular formula is C24H22N4O2S. The van der Waals surface area contributed by atoms with Crippen LogP contribution >= 0.6 is 11.3 Å². The third kappa shape index (κ3) is 4.67. The molecule has 1 N–H and O–H groups in total. The lowest BCUT2D eigenvalue weighted by Crippen LogP contribution is -2.12. The minimum absolute atomic E-state index is 0.216. The third-order valence-corrected chi connectivity index (χ3v) is 6.28. The molecule has 0 bridgehead atoms. The zero-order valence-electron chi connectivity index (χ0n) is 17.0. The fourth-order valence-electron chi connectivity index (χ4n) is 3.74. The molecule has 2 heterocycles. The Morgan fingerprint density at radius 2 is 1.94 bits per heavy atom. The van der Waals surface area contributed by atoms with Crippen LogP contribution in [0.5, 0.6) is 5.75 Å². The lowest BCUT2D eigenvalue weighted by molar-refractivity contribution is 0.102. The van der Waals surface area contributed by atoms with E-state index in [4.69, 9.17) is 4.74 Å². The van der Waals surface area contributed by atoms with E-state index >= 15 is 0 Å². The van der Waals surface area contributed by atoms with Crippen molar-refractivity contribution in [3.8, 4) is 5.75 Å². The summed E-state index contributed by atoms with van der Waals surface area (Å²) in [4.78, 5) is 17.4. The van der Waals surface area contributed by atoms with Gasteiger partial charge in [0, 0.05) is 5.56 Å². The number of aryl methyl sites for hydroxylation is 2. The van der Waals surface area contributed by atoms with E-state index in [0.29, 0.717) is 24.0 Å². The van der Waals surface area contributed by atoms with Crippen molar-refractivity contribution in [3.63, 3.8) is 0 Å². The highest BCUT2D eigenvalue weighted by atomic mass is 32.1. The van der Waals surface area contributed by atoms with Crippen molar-refractivity contribution in [1.29, 1.82) is 0 Å². The molecule has 7 heteroatoms. The Balaban J connectivity index is 1.17. The van der Waals surface area contributed by atoms with Gasteiger partial charge < -0.3 is 4.74 Å². The van der Waals surface area contributed by atoms with Crippen LogP contribution in [0.4, 0.5) is 5.95 Å². The Labute approximate surface area is 184 Å².